The molecule has 39 heavy (non-hydrogen) atoms. The maximum atomic E-state index is 11.1. The second-order valence-corrected chi connectivity index (χ2v) is 7.21. The smallest absolute Gasteiger partial charge is 0.404 e. The van der Waals surface area contributed by atoms with Crippen molar-refractivity contribution in [2.45, 2.75) is 32.6 Å². The van der Waals surface area contributed by atoms with E-state index < -0.39 is 36.0 Å². The molecule has 0 unspecified atom stereocenters. The number of ether oxygens (including phenoxy) is 4. The van der Waals surface area contributed by atoms with Crippen LogP contribution in [0.1, 0.15) is 32.6 Å². The van der Waals surface area contributed by atoms with Gasteiger partial charge in [0, 0.05) is 18.2 Å². The lowest BCUT2D eigenvalue weighted by Gasteiger charge is -2.29. The normalized spacial score (nSPS) is 9.18. The average Bonchev–Trinajstić information content (AvgIpc) is 2.94. The molecule has 0 aromatic rings. The first kappa shape index (κ1) is 39.1. The van der Waals surface area contributed by atoms with Crippen molar-refractivity contribution >= 4 is 36.2 Å². The van der Waals surface area contributed by atoms with E-state index in [0.717, 1.165) is 43.9 Å². The van der Waals surface area contributed by atoms with Gasteiger partial charge in [-0.3, -0.25) is 0 Å². The number of hydrogen-bond donors (Lipinski definition) is 2. The van der Waals surface area contributed by atoms with E-state index in [1.807, 2.05) is 0 Å². The molecule has 1 amide bonds. The molecular formula is C25H37N3O11. The first-order valence-corrected chi connectivity index (χ1v) is 11.6. The Balaban J connectivity index is -0.000000601. The maximum Gasteiger partial charge on any atom is 0.404 e. The molecule has 0 fully saturated rings. The summed E-state index contributed by atoms with van der Waals surface area (Å²) in [6.07, 6.45) is 8.90. The van der Waals surface area contributed by atoms with Crippen molar-refractivity contribution in [1.29, 1.82) is 0 Å². The topological polar surface area (TPSA) is 210 Å². The van der Waals surface area contributed by atoms with E-state index in [2.05, 4.69) is 40.2 Å². The van der Waals surface area contributed by atoms with Crippen molar-refractivity contribution in [3.05, 3.63) is 38.0 Å². The number of rotatable bonds is 18. The predicted octanol–water partition coefficient (Wildman–Crippen LogP) is 1.47. The highest BCUT2D eigenvalue weighted by Gasteiger charge is 2.35. The summed E-state index contributed by atoms with van der Waals surface area (Å²) >= 11 is 0. The molecule has 0 saturated carbocycles. The Bertz CT molecular complexity index is 780. The van der Waals surface area contributed by atoms with E-state index >= 15 is 0 Å². The van der Waals surface area contributed by atoms with E-state index in [-0.39, 0.29) is 19.8 Å². The predicted molar refractivity (Wildman–Crippen MR) is 139 cm³/mol. The van der Waals surface area contributed by atoms with Crippen molar-refractivity contribution in [3.63, 3.8) is 0 Å². The Morgan fingerprint density at radius 3 is 1.33 bits per heavy atom. The fraction of sp³-hybridized carbons (Fsp3) is 0.520. The fourth-order valence-corrected chi connectivity index (χ4v) is 2.08. The van der Waals surface area contributed by atoms with Gasteiger partial charge < -0.3 is 29.8 Å². The van der Waals surface area contributed by atoms with Crippen LogP contribution < -0.4 is 5.73 Å². The number of unbranched alkanes of at least 4 members (excludes halogenated alkanes) is 3. The van der Waals surface area contributed by atoms with Gasteiger partial charge in [0.2, 0.25) is 12.2 Å². The van der Waals surface area contributed by atoms with Gasteiger partial charge >= 0.3 is 24.0 Å². The van der Waals surface area contributed by atoms with Crippen LogP contribution in [0.2, 0.25) is 0 Å². The zero-order valence-corrected chi connectivity index (χ0v) is 22.1. The standard InChI is InChI=1S/C14H18O7.C8H12N2O2.C3H7NO2/c1-4-11(16)19-8-14(7-15,9-20-12(17)5-2)10-21-13(18)6-3;11-7-9-5-3-1-2-4-6-10-8-12;1-2-6-3(4)5/h4-6,15H,1-3,7-10H2;1-6H2;2H2,1H3,(H2,4,5). The van der Waals surface area contributed by atoms with Crippen molar-refractivity contribution in [1.82, 2.24) is 0 Å². The van der Waals surface area contributed by atoms with Gasteiger partial charge in [0.25, 0.3) is 0 Å². The van der Waals surface area contributed by atoms with Crippen LogP contribution in [0.3, 0.4) is 0 Å². The molecule has 0 saturated heterocycles. The first-order valence-electron chi connectivity index (χ1n) is 11.6. The number of carbonyl (C=O) groups is 4. The fourth-order valence-electron chi connectivity index (χ4n) is 2.08. The Labute approximate surface area is 227 Å². The Morgan fingerprint density at radius 2 is 1.13 bits per heavy atom. The summed E-state index contributed by atoms with van der Waals surface area (Å²) in [7, 11) is 0. The summed E-state index contributed by atoms with van der Waals surface area (Å²) in [4.78, 5) is 69.0. The molecule has 0 spiro atoms. The SMILES string of the molecule is C=CC(=O)OCC(CO)(COC(=O)C=C)COC(=O)C=C.CCOC(N)=O.O=C=NCCCCCCN=C=O. The number of aliphatic hydroxyl groups is 1. The van der Waals surface area contributed by atoms with Crippen LogP contribution >= 0.6 is 0 Å². The van der Waals surface area contributed by atoms with Crippen LogP contribution in [0.5, 0.6) is 0 Å². The van der Waals surface area contributed by atoms with Crippen LogP contribution in [0.4, 0.5) is 4.79 Å². The second-order valence-electron chi connectivity index (χ2n) is 7.21. The largest absolute Gasteiger partial charge is 0.462 e. The number of hydrogen-bond acceptors (Lipinski definition) is 13. The van der Waals surface area contributed by atoms with E-state index in [1.54, 1.807) is 6.92 Å². The summed E-state index contributed by atoms with van der Waals surface area (Å²) in [5, 5.41) is 9.48. The van der Waals surface area contributed by atoms with Crippen LogP contribution in [-0.2, 0) is 42.9 Å². The number of amides is 1. The van der Waals surface area contributed by atoms with Gasteiger partial charge in [-0.15, -0.1) is 0 Å². The third-order valence-electron chi connectivity index (χ3n) is 4.10. The maximum absolute atomic E-state index is 11.1. The molecule has 3 N–H and O–H groups in total. The molecule has 0 radical (unpaired) electrons. The third-order valence-corrected chi connectivity index (χ3v) is 4.10. The van der Waals surface area contributed by atoms with E-state index in [1.165, 1.54) is 12.2 Å². The highest BCUT2D eigenvalue weighted by molar-refractivity contribution is 5.82. The van der Waals surface area contributed by atoms with Crippen molar-refractivity contribution < 1.29 is 52.8 Å². The summed E-state index contributed by atoms with van der Waals surface area (Å²) < 4.78 is 18.7. The monoisotopic (exact) mass is 555 g/mol. The molecule has 0 rings (SSSR count). The minimum Gasteiger partial charge on any atom is -0.462 e. The van der Waals surface area contributed by atoms with Gasteiger partial charge in [0.05, 0.1) is 31.7 Å². The number of carbonyl (C=O) groups excluding carboxylic acids is 6. The molecule has 0 heterocycles. The Morgan fingerprint density at radius 1 is 0.769 bits per heavy atom. The molecule has 0 aromatic carbocycles. The molecule has 14 heteroatoms. The molecule has 0 aliphatic rings. The zero-order valence-electron chi connectivity index (χ0n) is 22.1. The van der Waals surface area contributed by atoms with E-state index in [0.29, 0.717) is 19.7 Å². The summed E-state index contributed by atoms with van der Waals surface area (Å²) in [5.41, 5.74) is 3.26. The minimum atomic E-state index is -1.28. The summed E-state index contributed by atoms with van der Waals surface area (Å²) in [6.45, 7) is 11.3. The van der Waals surface area contributed by atoms with Crippen LogP contribution in [0.15, 0.2) is 47.9 Å². The Kier molecular flexibility index (Phi) is 28.3. The van der Waals surface area contributed by atoms with E-state index in [4.69, 9.17) is 14.2 Å². The quantitative estimate of drug-likeness (QED) is 0.0617. The van der Waals surface area contributed by atoms with Crippen molar-refractivity contribution in [3.8, 4) is 0 Å². The second kappa shape index (κ2) is 28.2. The molecular weight excluding hydrogens is 518 g/mol. The van der Waals surface area contributed by atoms with Crippen molar-refractivity contribution in [2.75, 3.05) is 46.1 Å². The molecule has 0 aliphatic heterocycles. The van der Waals surface area contributed by atoms with Crippen LogP contribution in [-0.4, -0.2) is 87.4 Å². The van der Waals surface area contributed by atoms with Gasteiger partial charge in [-0.1, -0.05) is 32.6 Å². The highest BCUT2D eigenvalue weighted by atomic mass is 16.6. The number of aliphatic hydroxyl groups excluding tert-OH is 1. The highest BCUT2D eigenvalue weighted by Crippen LogP contribution is 2.19. The Hall–Kier alpha value is -4.38. The summed E-state index contributed by atoms with van der Waals surface area (Å²) in [6, 6.07) is 0. The minimum absolute atomic E-state index is 0.330. The van der Waals surface area contributed by atoms with E-state index in [9.17, 15) is 33.9 Å². The number of nitrogens with zero attached hydrogens (tertiary/aromatic N) is 2. The third kappa shape index (κ3) is 28.0. The zero-order chi connectivity index (χ0) is 30.4. The van der Waals surface area contributed by atoms with Crippen molar-refractivity contribution in [2.24, 2.45) is 21.1 Å². The van der Waals surface area contributed by atoms with Crippen LogP contribution in [0.25, 0.3) is 0 Å². The molecule has 0 aliphatic carbocycles. The van der Waals surface area contributed by atoms with Gasteiger partial charge in [-0.2, -0.15) is 0 Å². The molecule has 0 atom stereocenters. The first-order chi connectivity index (χ1) is 18.6. The van der Waals surface area contributed by atoms with Gasteiger partial charge in [0.15, 0.2) is 0 Å². The lowest BCUT2D eigenvalue weighted by Crippen LogP contribution is -2.42. The van der Waals surface area contributed by atoms with Gasteiger partial charge in [-0.05, 0) is 19.8 Å². The lowest BCUT2D eigenvalue weighted by molar-refractivity contribution is -0.159. The molecule has 0 bridgehead atoms. The number of isocyanates is 2. The molecule has 0 aromatic heterocycles. The molecule has 14 nitrogen and oxygen atoms in total. The summed E-state index contributed by atoms with van der Waals surface area (Å²) in [5.74, 6) is -2.17. The number of nitrogens with two attached hydrogens (primary N) is 1. The lowest BCUT2D eigenvalue weighted by atomic mass is 9.92. The molecule has 218 valence electrons. The number of aliphatic imine (C=N–C) groups is 2. The van der Waals surface area contributed by atoms with Gasteiger partial charge in [-0.25, -0.2) is 38.8 Å². The number of esters is 3. The van der Waals surface area contributed by atoms with Crippen LogP contribution in [0, 0.1) is 5.41 Å². The van der Waals surface area contributed by atoms with Gasteiger partial charge in [0.1, 0.15) is 19.8 Å². The average molecular weight is 556 g/mol. The number of primary amides is 1.